The molecular weight excluding hydrogens is 215 g/mol. The molecule has 0 aliphatic heterocycles. The monoisotopic (exact) mass is 232 g/mol. The maximum absolute atomic E-state index is 13.2. The lowest BCUT2D eigenvalue weighted by Crippen LogP contribution is -1.97. The van der Waals surface area contributed by atoms with E-state index in [0.29, 0.717) is 0 Å². The minimum Gasteiger partial charge on any atom is -0.361 e. The van der Waals surface area contributed by atoms with E-state index < -0.39 is 0 Å². The first-order valence-electron chi connectivity index (χ1n) is 6.02. The maximum Gasteiger partial charge on any atom is 0.123 e. The van der Waals surface area contributed by atoms with Crippen LogP contribution in [0, 0.1) is 11.2 Å². The molecule has 0 bridgehead atoms. The van der Waals surface area contributed by atoms with E-state index in [2.05, 4.69) is 11.9 Å². The molecule has 0 radical (unpaired) electrons. The van der Waals surface area contributed by atoms with E-state index in [1.807, 2.05) is 6.20 Å². The zero-order valence-corrected chi connectivity index (χ0v) is 10.0. The predicted octanol–water partition coefficient (Wildman–Crippen LogP) is 4.06. The molecule has 1 aromatic heterocycles. The molecular formula is C14H17FN2. The second-order valence-corrected chi connectivity index (χ2v) is 4.36. The van der Waals surface area contributed by atoms with Crippen LogP contribution in [0.25, 0.3) is 10.9 Å². The van der Waals surface area contributed by atoms with E-state index in [9.17, 15) is 4.39 Å². The van der Waals surface area contributed by atoms with E-state index in [-0.39, 0.29) is 5.82 Å². The van der Waals surface area contributed by atoms with Crippen molar-refractivity contribution in [2.75, 3.05) is 0 Å². The van der Waals surface area contributed by atoms with Gasteiger partial charge in [0.2, 0.25) is 0 Å². The average Bonchev–Trinajstić information content (AvgIpc) is 2.69. The van der Waals surface area contributed by atoms with Crippen LogP contribution in [0.4, 0.5) is 4.39 Å². The molecule has 0 unspecified atom stereocenters. The van der Waals surface area contributed by atoms with Gasteiger partial charge in [0.15, 0.2) is 0 Å². The van der Waals surface area contributed by atoms with Crippen molar-refractivity contribution < 1.29 is 4.39 Å². The smallest absolute Gasteiger partial charge is 0.123 e. The Kier molecular flexibility index (Phi) is 3.57. The molecule has 2 rings (SSSR count). The van der Waals surface area contributed by atoms with Crippen molar-refractivity contribution in [3.8, 4) is 0 Å². The molecule has 17 heavy (non-hydrogen) atoms. The first kappa shape index (κ1) is 11.8. The molecule has 1 heterocycles. The summed E-state index contributed by atoms with van der Waals surface area (Å²) in [6.45, 7) is 2.08. The van der Waals surface area contributed by atoms with Gasteiger partial charge in [0, 0.05) is 22.8 Å². The summed E-state index contributed by atoms with van der Waals surface area (Å²) in [5.41, 5.74) is 2.84. The van der Waals surface area contributed by atoms with Gasteiger partial charge in [-0.1, -0.05) is 13.3 Å². The van der Waals surface area contributed by atoms with Gasteiger partial charge < -0.3 is 10.4 Å². The van der Waals surface area contributed by atoms with Crippen LogP contribution in [-0.4, -0.2) is 10.7 Å². The van der Waals surface area contributed by atoms with Crippen molar-refractivity contribution in [2.45, 2.75) is 32.6 Å². The second-order valence-electron chi connectivity index (χ2n) is 4.36. The van der Waals surface area contributed by atoms with Gasteiger partial charge in [-0.2, -0.15) is 0 Å². The molecule has 3 heteroatoms. The first-order valence-corrected chi connectivity index (χ1v) is 6.02. The van der Waals surface area contributed by atoms with Crippen molar-refractivity contribution >= 4 is 16.6 Å². The second kappa shape index (κ2) is 5.13. The van der Waals surface area contributed by atoms with Crippen LogP contribution < -0.4 is 0 Å². The van der Waals surface area contributed by atoms with Crippen LogP contribution in [0.3, 0.4) is 0 Å². The van der Waals surface area contributed by atoms with E-state index >= 15 is 0 Å². The molecule has 0 saturated carbocycles. The summed E-state index contributed by atoms with van der Waals surface area (Å²) in [5.74, 6) is -0.206. The highest BCUT2D eigenvalue weighted by Crippen LogP contribution is 2.20. The molecule has 2 aromatic rings. The third-order valence-electron chi connectivity index (χ3n) is 2.98. The van der Waals surface area contributed by atoms with Crippen molar-refractivity contribution in [2.24, 2.45) is 0 Å². The molecule has 0 fully saturated rings. The number of benzene rings is 1. The van der Waals surface area contributed by atoms with Gasteiger partial charge in [-0.15, -0.1) is 0 Å². The van der Waals surface area contributed by atoms with Gasteiger partial charge >= 0.3 is 0 Å². The number of aromatic nitrogens is 1. The Balaban J connectivity index is 2.13. The summed E-state index contributed by atoms with van der Waals surface area (Å²) in [6.07, 6.45) is 5.36. The summed E-state index contributed by atoms with van der Waals surface area (Å²) >= 11 is 0. The zero-order chi connectivity index (χ0) is 12.3. The largest absolute Gasteiger partial charge is 0.361 e. The third kappa shape index (κ3) is 2.73. The molecule has 2 N–H and O–H groups in total. The fourth-order valence-electron chi connectivity index (χ4n) is 2.07. The molecule has 0 spiro atoms. The number of fused-ring (bicyclic) bond motifs is 1. The van der Waals surface area contributed by atoms with E-state index in [0.717, 1.165) is 47.9 Å². The van der Waals surface area contributed by atoms with Crippen LogP contribution in [0.1, 0.15) is 31.7 Å². The molecule has 90 valence electrons. The van der Waals surface area contributed by atoms with Gasteiger partial charge in [0.25, 0.3) is 0 Å². The van der Waals surface area contributed by atoms with E-state index in [4.69, 9.17) is 5.41 Å². The SMILES string of the molecule is CCCC(=N)CCc1c[nH]c2ccc(F)cc12. The van der Waals surface area contributed by atoms with E-state index in [1.165, 1.54) is 6.07 Å². The van der Waals surface area contributed by atoms with Crippen molar-refractivity contribution in [1.29, 1.82) is 5.41 Å². The Labute approximate surface area is 100 Å². The van der Waals surface area contributed by atoms with Crippen LogP contribution in [0.15, 0.2) is 24.4 Å². The van der Waals surface area contributed by atoms with Crippen LogP contribution in [0.5, 0.6) is 0 Å². The van der Waals surface area contributed by atoms with Gasteiger partial charge in [0.05, 0.1) is 0 Å². The molecule has 0 aliphatic carbocycles. The van der Waals surface area contributed by atoms with Crippen molar-refractivity contribution in [1.82, 2.24) is 4.98 Å². The predicted molar refractivity (Wildman–Crippen MR) is 69.2 cm³/mol. The lowest BCUT2D eigenvalue weighted by molar-refractivity contribution is 0.629. The Hall–Kier alpha value is -1.64. The van der Waals surface area contributed by atoms with Crippen molar-refractivity contribution in [3.63, 3.8) is 0 Å². The fourth-order valence-corrected chi connectivity index (χ4v) is 2.07. The van der Waals surface area contributed by atoms with Gasteiger partial charge in [-0.3, -0.25) is 0 Å². The topological polar surface area (TPSA) is 39.6 Å². The van der Waals surface area contributed by atoms with E-state index in [1.54, 1.807) is 12.1 Å². The number of aromatic amines is 1. The average molecular weight is 232 g/mol. The van der Waals surface area contributed by atoms with Crippen LogP contribution in [0.2, 0.25) is 0 Å². The number of hydrogen-bond acceptors (Lipinski definition) is 1. The maximum atomic E-state index is 13.2. The molecule has 2 nitrogen and oxygen atoms in total. The van der Waals surface area contributed by atoms with Crippen molar-refractivity contribution in [3.05, 3.63) is 35.8 Å². The zero-order valence-electron chi connectivity index (χ0n) is 10.0. The highest BCUT2D eigenvalue weighted by molar-refractivity contribution is 5.85. The minimum absolute atomic E-state index is 0.206. The number of hydrogen-bond donors (Lipinski definition) is 2. The van der Waals surface area contributed by atoms with Crippen LogP contribution in [-0.2, 0) is 6.42 Å². The minimum atomic E-state index is -0.206. The number of nitrogens with one attached hydrogen (secondary N) is 2. The Bertz CT molecular complexity index is 528. The number of aryl methyl sites for hydroxylation is 1. The summed E-state index contributed by atoms with van der Waals surface area (Å²) in [4.78, 5) is 3.13. The quantitative estimate of drug-likeness (QED) is 0.730. The lowest BCUT2D eigenvalue weighted by atomic mass is 10.0. The number of rotatable bonds is 5. The molecule has 0 aliphatic rings. The first-order chi connectivity index (χ1) is 8.20. The Morgan fingerprint density at radius 3 is 2.94 bits per heavy atom. The highest BCUT2D eigenvalue weighted by atomic mass is 19.1. The normalized spacial score (nSPS) is 10.9. The molecule has 0 amide bonds. The standard InChI is InChI=1S/C14H17FN2/c1-2-3-12(16)6-4-10-9-17-14-7-5-11(15)8-13(10)14/h5,7-9,16-17H,2-4,6H2,1H3. The van der Waals surface area contributed by atoms with Gasteiger partial charge in [0.1, 0.15) is 5.82 Å². The van der Waals surface area contributed by atoms with Crippen LogP contribution >= 0.6 is 0 Å². The lowest BCUT2D eigenvalue weighted by Gasteiger charge is -2.01. The summed E-state index contributed by atoms with van der Waals surface area (Å²) in [5, 5.41) is 8.70. The van der Waals surface area contributed by atoms with Gasteiger partial charge in [-0.25, -0.2) is 4.39 Å². The fraction of sp³-hybridized carbons (Fsp3) is 0.357. The number of halogens is 1. The highest BCUT2D eigenvalue weighted by Gasteiger charge is 2.05. The third-order valence-corrected chi connectivity index (χ3v) is 2.98. The summed E-state index contributed by atoms with van der Waals surface area (Å²) < 4.78 is 13.2. The molecule has 0 saturated heterocycles. The number of H-pyrrole nitrogens is 1. The van der Waals surface area contributed by atoms with Gasteiger partial charge in [-0.05, 0) is 43.0 Å². The molecule has 0 atom stereocenters. The Morgan fingerprint density at radius 2 is 2.18 bits per heavy atom. The summed E-state index contributed by atoms with van der Waals surface area (Å²) in [6, 6.07) is 4.78. The molecule has 1 aromatic carbocycles. The Morgan fingerprint density at radius 1 is 1.35 bits per heavy atom. The summed E-state index contributed by atoms with van der Waals surface area (Å²) in [7, 11) is 0.